The number of carbonyl (C=O) groups is 2. The van der Waals surface area contributed by atoms with Gasteiger partial charge in [0.1, 0.15) is 6.04 Å². The molecular formula is C31H57N5O4. The van der Waals surface area contributed by atoms with E-state index < -0.39 is 11.7 Å². The van der Waals surface area contributed by atoms with Crippen LogP contribution in [0.3, 0.4) is 0 Å². The van der Waals surface area contributed by atoms with Gasteiger partial charge in [-0.1, -0.05) is 20.8 Å². The molecule has 11 unspecified atom stereocenters. The molecule has 0 aromatic rings. The fourth-order valence-corrected chi connectivity index (χ4v) is 9.93. The molecule has 2 amide bonds. The first-order chi connectivity index (χ1) is 18.7. The van der Waals surface area contributed by atoms with Crippen LogP contribution in [0.1, 0.15) is 105 Å². The number of aliphatic hydroxyl groups excluding tert-OH is 2. The molecule has 0 saturated heterocycles. The largest absolute Gasteiger partial charge is 0.393 e. The molecule has 4 aliphatic carbocycles. The summed E-state index contributed by atoms with van der Waals surface area (Å²) in [5.41, 5.74) is 16.4. The molecule has 0 bridgehead atoms. The van der Waals surface area contributed by atoms with Gasteiger partial charge in [-0.05, 0) is 124 Å². The van der Waals surface area contributed by atoms with Gasteiger partial charge >= 0.3 is 0 Å². The van der Waals surface area contributed by atoms with Crippen molar-refractivity contribution in [2.24, 2.45) is 63.5 Å². The zero-order valence-corrected chi connectivity index (χ0v) is 25.3. The Morgan fingerprint density at radius 1 is 1.02 bits per heavy atom. The molecule has 0 spiro atoms. The lowest BCUT2D eigenvalue weighted by atomic mass is 9.43. The fourth-order valence-electron chi connectivity index (χ4n) is 9.93. The van der Waals surface area contributed by atoms with Crippen molar-refractivity contribution in [2.45, 2.75) is 129 Å². The summed E-state index contributed by atoms with van der Waals surface area (Å²) in [5.74, 6) is 2.43. The predicted octanol–water partition coefficient (Wildman–Crippen LogP) is 2.32. The molecular weight excluding hydrogens is 506 g/mol. The van der Waals surface area contributed by atoms with E-state index in [1.807, 2.05) is 0 Å². The second kappa shape index (κ2) is 12.2. The molecule has 0 aliphatic heterocycles. The van der Waals surface area contributed by atoms with Crippen LogP contribution in [0.15, 0.2) is 0 Å². The summed E-state index contributed by atoms with van der Waals surface area (Å²) in [5, 5.41) is 27.6. The maximum atomic E-state index is 13.0. The van der Waals surface area contributed by atoms with E-state index in [0.717, 1.165) is 38.5 Å². The SMILES string of the molecule is CC(CCC(=O)NC(CCC(C)(N)N)C(=O)NCN)C1CCC2C3CCC4CC(O)CCC4(C)C3CC(O)C12C. The van der Waals surface area contributed by atoms with Gasteiger partial charge in [0.2, 0.25) is 11.8 Å². The summed E-state index contributed by atoms with van der Waals surface area (Å²) in [6.07, 6.45) is 9.68. The number of hydrogen-bond acceptors (Lipinski definition) is 7. The number of nitrogens with one attached hydrogen (secondary N) is 2. The second-order valence-corrected chi connectivity index (χ2v) is 14.8. The average Bonchev–Trinajstić information content (AvgIpc) is 3.24. The molecule has 4 saturated carbocycles. The third-order valence-electron chi connectivity index (χ3n) is 12.2. The number of amides is 2. The van der Waals surface area contributed by atoms with Crippen LogP contribution < -0.4 is 27.8 Å². The molecule has 9 heteroatoms. The Bertz CT molecular complexity index is 911. The first kappa shape index (κ1) is 31.7. The van der Waals surface area contributed by atoms with E-state index in [1.54, 1.807) is 6.92 Å². The van der Waals surface area contributed by atoms with Crippen molar-refractivity contribution in [1.29, 1.82) is 0 Å². The lowest BCUT2D eigenvalue weighted by Crippen LogP contribution is -2.58. The van der Waals surface area contributed by atoms with Gasteiger partial charge in [0.15, 0.2) is 0 Å². The van der Waals surface area contributed by atoms with Crippen molar-refractivity contribution < 1.29 is 19.8 Å². The highest BCUT2D eigenvalue weighted by Crippen LogP contribution is 2.68. The van der Waals surface area contributed by atoms with Gasteiger partial charge in [-0.15, -0.1) is 0 Å². The van der Waals surface area contributed by atoms with Crippen LogP contribution in [-0.4, -0.2) is 52.6 Å². The van der Waals surface area contributed by atoms with E-state index in [0.29, 0.717) is 55.3 Å². The minimum absolute atomic E-state index is 0.00186. The summed E-state index contributed by atoms with van der Waals surface area (Å²) in [4.78, 5) is 25.5. The Kier molecular flexibility index (Phi) is 9.62. The summed E-state index contributed by atoms with van der Waals surface area (Å²) in [6, 6.07) is -0.722. The maximum absolute atomic E-state index is 13.0. The van der Waals surface area contributed by atoms with Gasteiger partial charge in [-0.3, -0.25) is 9.59 Å². The van der Waals surface area contributed by atoms with Gasteiger partial charge in [-0.25, -0.2) is 0 Å². The zero-order valence-electron chi connectivity index (χ0n) is 25.3. The van der Waals surface area contributed by atoms with Crippen molar-refractivity contribution in [3.63, 3.8) is 0 Å². The molecule has 9 nitrogen and oxygen atoms in total. The number of fused-ring (bicyclic) bond motifs is 5. The molecule has 0 heterocycles. The monoisotopic (exact) mass is 563 g/mol. The number of carbonyl (C=O) groups excluding carboxylic acids is 2. The molecule has 0 aromatic carbocycles. The van der Waals surface area contributed by atoms with Crippen molar-refractivity contribution in [3.05, 3.63) is 0 Å². The fraction of sp³-hybridized carbons (Fsp3) is 0.935. The molecule has 40 heavy (non-hydrogen) atoms. The third kappa shape index (κ3) is 6.24. The van der Waals surface area contributed by atoms with E-state index in [2.05, 4.69) is 31.4 Å². The van der Waals surface area contributed by atoms with Crippen LogP contribution in [0.5, 0.6) is 0 Å². The van der Waals surface area contributed by atoms with Gasteiger partial charge in [0.25, 0.3) is 0 Å². The lowest BCUT2D eigenvalue weighted by Gasteiger charge is -2.62. The van der Waals surface area contributed by atoms with Crippen LogP contribution in [-0.2, 0) is 9.59 Å². The van der Waals surface area contributed by atoms with Gasteiger partial charge in [0, 0.05) is 6.42 Å². The molecule has 4 aliphatic rings. The highest BCUT2D eigenvalue weighted by atomic mass is 16.3. The smallest absolute Gasteiger partial charge is 0.243 e. The van der Waals surface area contributed by atoms with E-state index in [9.17, 15) is 19.8 Å². The van der Waals surface area contributed by atoms with Crippen LogP contribution in [0, 0.1) is 46.3 Å². The predicted molar refractivity (Wildman–Crippen MR) is 156 cm³/mol. The quantitative estimate of drug-likeness (QED) is 0.199. The summed E-state index contributed by atoms with van der Waals surface area (Å²) in [7, 11) is 0. The molecule has 0 aromatic heterocycles. The van der Waals surface area contributed by atoms with Crippen LogP contribution >= 0.6 is 0 Å². The van der Waals surface area contributed by atoms with Crippen LogP contribution in [0.4, 0.5) is 0 Å². The topological polar surface area (TPSA) is 177 Å². The van der Waals surface area contributed by atoms with E-state index in [4.69, 9.17) is 17.2 Å². The Hall–Kier alpha value is -1.26. The average molecular weight is 564 g/mol. The number of nitrogens with two attached hydrogens (primary N) is 3. The van der Waals surface area contributed by atoms with Crippen molar-refractivity contribution >= 4 is 11.8 Å². The Morgan fingerprint density at radius 3 is 2.42 bits per heavy atom. The van der Waals surface area contributed by atoms with Crippen LogP contribution in [0.2, 0.25) is 0 Å². The van der Waals surface area contributed by atoms with E-state index in [-0.39, 0.29) is 47.4 Å². The molecule has 230 valence electrons. The summed E-state index contributed by atoms with van der Waals surface area (Å²) >= 11 is 0. The van der Waals surface area contributed by atoms with Crippen molar-refractivity contribution in [3.8, 4) is 0 Å². The van der Waals surface area contributed by atoms with Crippen LogP contribution in [0.25, 0.3) is 0 Å². The maximum Gasteiger partial charge on any atom is 0.243 e. The Morgan fingerprint density at radius 2 is 1.75 bits per heavy atom. The number of aliphatic hydroxyl groups is 2. The van der Waals surface area contributed by atoms with Gasteiger partial charge in [0.05, 0.1) is 24.5 Å². The highest BCUT2D eigenvalue weighted by molar-refractivity contribution is 5.87. The molecule has 0 radical (unpaired) electrons. The van der Waals surface area contributed by atoms with E-state index in [1.165, 1.54) is 12.8 Å². The zero-order chi connectivity index (χ0) is 29.5. The first-order valence-corrected chi connectivity index (χ1v) is 15.9. The minimum Gasteiger partial charge on any atom is -0.393 e. The third-order valence-corrected chi connectivity index (χ3v) is 12.2. The van der Waals surface area contributed by atoms with Gasteiger partial charge < -0.3 is 38.0 Å². The first-order valence-electron chi connectivity index (χ1n) is 15.9. The summed E-state index contributed by atoms with van der Waals surface area (Å²) in [6.45, 7) is 8.70. The van der Waals surface area contributed by atoms with E-state index >= 15 is 0 Å². The summed E-state index contributed by atoms with van der Waals surface area (Å²) < 4.78 is 0. The molecule has 4 rings (SSSR count). The van der Waals surface area contributed by atoms with Gasteiger partial charge in [-0.2, -0.15) is 0 Å². The highest BCUT2D eigenvalue weighted by Gasteiger charge is 2.63. The Balaban J connectivity index is 1.38. The standard InChI is InChI=1S/C31H57N5O4/c1-18(5-10-27(39)36-25(28(40)35-17-32)12-14-30(3,33)34)22-8-9-23-21-7-6-19-15-20(37)11-13-29(19,2)24(21)16-26(38)31(22,23)4/h18-26,37-38H,5-17,32-34H2,1-4H3,(H,35,40)(H,36,39). The minimum atomic E-state index is -0.927. The molecule has 11 atom stereocenters. The lowest BCUT2D eigenvalue weighted by molar-refractivity contribution is -0.175. The molecule has 4 fully saturated rings. The Labute approximate surface area is 241 Å². The number of rotatable bonds is 10. The molecule has 10 N–H and O–H groups in total. The second-order valence-electron chi connectivity index (χ2n) is 14.8. The number of hydrogen-bond donors (Lipinski definition) is 7. The normalized spacial score (nSPS) is 40.8. The van der Waals surface area contributed by atoms with Crippen molar-refractivity contribution in [1.82, 2.24) is 10.6 Å². The van der Waals surface area contributed by atoms with Crippen molar-refractivity contribution in [2.75, 3.05) is 6.67 Å².